The molecule has 0 spiro atoms. The molecule has 130 valence electrons. The SMILES string of the molecule is CN(CCCc1nc2ccccc2o1)CC1COc2ccccc2O1. The van der Waals surface area contributed by atoms with Gasteiger partial charge < -0.3 is 18.8 Å². The zero-order chi connectivity index (χ0) is 17.1. The maximum Gasteiger partial charge on any atom is 0.195 e. The molecule has 1 unspecified atom stereocenters. The van der Waals surface area contributed by atoms with E-state index >= 15 is 0 Å². The van der Waals surface area contributed by atoms with Crippen LogP contribution < -0.4 is 9.47 Å². The molecule has 25 heavy (non-hydrogen) atoms. The lowest BCUT2D eigenvalue weighted by Gasteiger charge is -2.29. The number of rotatable bonds is 6. The summed E-state index contributed by atoms with van der Waals surface area (Å²) in [5.74, 6) is 2.47. The first kappa shape index (κ1) is 16.0. The molecular weight excluding hydrogens is 316 g/mol. The number of fused-ring (bicyclic) bond motifs is 2. The van der Waals surface area contributed by atoms with E-state index in [1.807, 2.05) is 48.5 Å². The molecule has 0 saturated heterocycles. The average Bonchev–Trinajstić information content (AvgIpc) is 3.04. The molecule has 1 aliphatic heterocycles. The standard InChI is InChI=1S/C20H22N2O3/c1-22(13-15-14-23-18-9-4-5-10-19(18)24-15)12-6-11-20-21-16-7-2-3-8-17(16)25-20/h2-5,7-10,15H,6,11-14H2,1H3. The van der Waals surface area contributed by atoms with Gasteiger partial charge in [0.05, 0.1) is 0 Å². The van der Waals surface area contributed by atoms with Gasteiger partial charge in [-0.25, -0.2) is 4.98 Å². The molecule has 4 rings (SSSR count). The molecule has 2 aromatic carbocycles. The van der Waals surface area contributed by atoms with Crippen LogP contribution in [0.2, 0.25) is 0 Å². The highest BCUT2D eigenvalue weighted by molar-refractivity contribution is 5.72. The average molecular weight is 338 g/mol. The number of hydrogen-bond donors (Lipinski definition) is 0. The second kappa shape index (κ2) is 7.15. The van der Waals surface area contributed by atoms with Gasteiger partial charge in [0.15, 0.2) is 23.0 Å². The summed E-state index contributed by atoms with van der Waals surface area (Å²) >= 11 is 0. The highest BCUT2D eigenvalue weighted by Gasteiger charge is 2.21. The molecule has 1 aromatic heterocycles. The van der Waals surface area contributed by atoms with Gasteiger partial charge in [0.2, 0.25) is 0 Å². The van der Waals surface area contributed by atoms with E-state index < -0.39 is 0 Å². The molecule has 1 aliphatic rings. The fraction of sp³-hybridized carbons (Fsp3) is 0.350. The molecular formula is C20H22N2O3. The van der Waals surface area contributed by atoms with Crippen LogP contribution >= 0.6 is 0 Å². The first-order valence-electron chi connectivity index (χ1n) is 8.69. The summed E-state index contributed by atoms with van der Waals surface area (Å²) < 4.78 is 17.5. The lowest BCUT2D eigenvalue weighted by atomic mass is 10.2. The van der Waals surface area contributed by atoms with E-state index in [1.165, 1.54) is 0 Å². The van der Waals surface area contributed by atoms with Crippen molar-refractivity contribution in [2.24, 2.45) is 0 Å². The third-order valence-corrected chi connectivity index (χ3v) is 4.35. The first-order valence-corrected chi connectivity index (χ1v) is 8.69. The summed E-state index contributed by atoms with van der Waals surface area (Å²) in [7, 11) is 2.11. The first-order chi connectivity index (χ1) is 12.3. The molecule has 2 heterocycles. The van der Waals surface area contributed by atoms with Crippen LogP contribution in [-0.2, 0) is 6.42 Å². The normalized spacial score (nSPS) is 16.5. The van der Waals surface area contributed by atoms with Crippen molar-refractivity contribution in [1.29, 1.82) is 0 Å². The van der Waals surface area contributed by atoms with Crippen molar-refractivity contribution in [3.8, 4) is 11.5 Å². The van der Waals surface area contributed by atoms with Gasteiger partial charge in [-0.3, -0.25) is 0 Å². The van der Waals surface area contributed by atoms with Gasteiger partial charge in [0, 0.05) is 13.0 Å². The zero-order valence-corrected chi connectivity index (χ0v) is 14.4. The number of aromatic nitrogens is 1. The van der Waals surface area contributed by atoms with Crippen molar-refractivity contribution >= 4 is 11.1 Å². The maximum atomic E-state index is 6.01. The summed E-state index contributed by atoms with van der Waals surface area (Å²) in [6.07, 6.45) is 1.89. The Morgan fingerprint density at radius 2 is 1.88 bits per heavy atom. The van der Waals surface area contributed by atoms with Crippen molar-refractivity contribution in [3.63, 3.8) is 0 Å². The Labute approximate surface area is 147 Å². The second-order valence-corrected chi connectivity index (χ2v) is 6.44. The lowest BCUT2D eigenvalue weighted by molar-refractivity contribution is 0.0652. The quantitative estimate of drug-likeness (QED) is 0.688. The molecule has 0 aliphatic carbocycles. The van der Waals surface area contributed by atoms with Gasteiger partial charge in [-0.2, -0.15) is 0 Å². The Bertz CT molecular complexity index is 813. The smallest absolute Gasteiger partial charge is 0.195 e. The Morgan fingerprint density at radius 1 is 1.08 bits per heavy atom. The highest BCUT2D eigenvalue weighted by Crippen LogP contribution is 2.30. The highest BCUT2D eigenvalue weighted by atomic mass is 16.6. The fourth-order valence-electron chi connectivity index (χ4n) is 3.12. The number of likely N-dealkylation sites (N-methyl/N-ethyl adjacent to an activating group) is 1. The van der Waals surface area contributed by atoms with Crippen LogP contribution in [0.3, 0.4) is 0 Å². The Hall–Kier alpha value is -2.53. The van der Waals surface area contributed by atoms with Gasteiger partial charge >= 0.3 is 0 Å². The molecule has 0 N–H and O–H groups in total. The topological polar surface area (TPSA) is 47.7 Å². The van der Waals surface area contributed by atoms with Crippen LogP contribution in [0.15, 0.2) is 52.9 Å². The van der Waals surface area contributed by atoms with Gasteiger partial charge in [0.25, 0.3) is 0 Å². The summed E-state index contributed by atoms with van der Waals surface area (Å²) in [5.41, 5.74) is 1.79. The van der Waals surface area contributed by atoms with Crippen LogP contribution in [0.5, 0.6) is 11.5 Å². The Balaban J connectivity index is 1.25. The molecule has 0 amide bonds. The van der Waals surface area contributed by atoms with Gasteiger partial charge in [-0.05, 0) is 44.3 Å². The number of oxazole rings is 1. The molecule has 1 atom stereocenters. The molecule has 3 aromatic rings. The molecule has 5 heteroatoms. The van der Waals surface area contributed by atoms with Crippen LogP contribution in [0.4, 0.5) is 0 Å². The molecule has 0 bridgehead atoms. The van der Waals surface area contributed by atoms with Crippen molar-refractivity contribution in [2.75, 3.05) is 26.7 Å². The van der Waals surface area contributed by atoms with Gasteiger partial charge in [-0.1, -0.05) is 24.3 Å². The van der Waals surface area contributed by atoms with E-state index in [0.717, 1.165) is 54.4 Å². The number of ether oxygens (including phenoxy) is 2. The third kappa shape index (κ3) is 3.77. The minimum Gasteiger partial charge on any atom is -0.486 e. The zero-order valence-electron chi connectivity index (χ0n) is 14.4. The summed E-state index contributed by atoms with van der Waals surface area (Å²) in [5, 5.41) is 0. The van der Waals surface area contributed by atoms with Crippen LogP contribution in [-0.4, -0.2) is 42.7 Å². The number of para-hydroxylation sites is 4. The molecule has 0 radical (unpaired) electrons. The number of benzene rings is 2. The van der Waals surface area contributed by atoms with E-state index in [-0.39, 0.29) is 6.10 Å². The molecule has 0 fully saturated rings. The van der Waals surface area contributed by atoms with Gasteiger partial charge in [0.1, 0.15) is 18.2 Å². The minimum absolute atomic E-state index is 0.0595. The van der Waals surface area contributed by atoms with E-state index in [9.17, 15) is 0 Å². The van der Waals surface area contributed by atoms with E-state index in [1.54, 1.807) is 0 Å². The van der Waals surface area contributed by atoms with E-state index in [2.05, 4.69) is 16.9 Å². The minimum atomic E-state index is 0.0595. The van der Waals surface area contributed by atoms with Crippen molar-refractivity contribution in [2.45, 2.75) is 18.9 Å². The van der Waals surface area contributed by atoms with Crippen molar-refractivity contribution in [3.05, 3.63) is 54.4 Å². The van der Waals surface area contributed by atoms with Gasteiger partial charge in [-0.15, -0.1) is 0 Å². The van der Waals surface area contributed by atoms with E-state index in [0.29, 0.717) is 6.61 Å². The predicted molar refractivity (Wildman–Crippen MR) is 96.2 cm³/mol. The Morgan fingerprint density at radius 3 is 2.76 bits per heavy atom. The monoisotopic (exact) mass is 338 g/mol. The van der Waals surface area contributed by atoms with Crippen LogP contribution in [0.1, 0.15) is 12.3 Å². The Kier molecular flexibility index (Phi) is 4.57. The predicted octanol–water partition coefficient (Wildman–Crippen LogP) is 3.53. The van der Waals surface area contributed by atoms with E-state index in [4.69, 9.17) is 13.9 Å². The third-order valence-electron chi connectivity index (χ3n) is 4.35. The summed E-state index contributed by atoms with van der Waals surface area (Å²) in [6.45, 7) is 2.38. The largest absolute Gasteiger partial charge is 0.486 e. The summed E-state index contributed by atoms with van der Waals surface area (Å²) in [6, 6.07) is 15.7. The van der Waals surface area contributed by atoms with Crippen LogP contribution in [0.25, 0.3) is 11.1 Å². The van der Waals surface area contributed by atoms with Crippen molar-refractivity contribution < 1.29 is 13.9 Å². The maximum absolute atomic E-state index is 6.01. The number of hydrogen-bond acceptors (Lipinski definition) is 5. The lowest BCUT2D eigenvalue weighted by Crippen LogP contribution is -2.39. The van der Waals surface area contributed by atoms with Crippen LogP contribution in [0, 0.1) is 0 Å². The van der Waals surface area contributed by atoms with Crippen molar-refractivity contribution in [1.82, 2.24) is 9.88 Å². The number of aryl methyl sites for hydroxylation is 1. The molecule has 0 saturated carbocycles. The second-order valence-electron chi connectivity index (χ2n) is 6.44. The number of nitrogens with zero attached hydrogens (tertiary/aromatic N) is 2. The molecule has 5 nitrogen and oxygen atoms in total. The summed E-state index contributed by atoms with van der Waals surface area (Å²) in [4.78, 5) is 6.79. The fourth-order valence-corrected chi connectivity index (χ4v) is 3.12.